The van der Waals surface area contributed by atoms with Gasteiger partial charge in [0.1, 0.15) is 11.6 Å². The van der Waals surface area contributed by atoms with Crippen LogP contribution in [-0.2, 0) is 24.2 Å². The molecule has 1 amide bonds. The SMILES string of the molecule is CCc1nn(Cc2csc(N(C(C)=O)c3c(C)cc(C)cc3C)n2)c(=O)c(C#N)c1CC. The van der Waals surface area contributed by atoms with Crippen LogP contribution in [0.2, 0.25) is 0 Å². The van der Waals surface area contributed by atoms with Gasteiger partial charge in [-0.2, -0.15) is 10.4 Å². The van der Waals surface area contributed by atoms with Crippen LogP contribution in [-0.4, -0.2) is 20.7 Å². The van der Waals surface area contributed by atoms with Crippen molar-refractivity contribution in [1.29, 1.82) is 5.26 Å². The van der Waals surface area contributed by atoms with E-state index < -0.39 is 5.56 Å². The minimum absolute atomic E-state index is 0.136. The Morgan fingerprint density at radius 3 is 2.38 bits per heavy atom. The third kappa shape index (κ3) is 4.34. The fourth-order valence-corrected chi connectivity index (χ4v) is 4.94. The van der Waals surface area contributed by atoms with Gasteiger partial charge >= 0.3 is 0 Å². The molecule has 32 heavy (non-hydrogen) atoms. The Morgan fingerprint density at radius 2 is 1.84 bits per heavy atom. The Kier molecular flexibility index (Phi) is 6.90. The van der Waals surface area contributed by atoms with Crippen LogP contribution in [0.25, 0.3) is 0 Å². The highest BCUT2D eigenvalue weighted by molar-refractivity contribution is 7.14. The van der Waals surface area contributed by atoms with E-state index in [0.29, 0.717) is 29.2 Å². The van der Waals surface area contributed by atoms with Crippen LogP contribution in [0.4, 0.5) is 10.8 Å². The van der Waals surface area contributed by atoms with Gasteiger partial charge in [0.05, 0.1) is 23.6 Å². The minimum atomic E-state index is -0.412. The summed E-state index contributed by atoms with van der Waals surface area (Å²) in [5.74, 6) is -0.136. The summed E-state index contributed by atoms with van der Waals surface area (Å²) in [7, 11) is 0. The highest BCUT2D eigenvalue weighted by Crippen LogP contribution is 2.34. The monoisotopic (exact) mass is 449 g/mol. The van der Waals surface area contributed by atoms with Gasteiger partial charge in [-0.25, -0.2) is 9.67 Å². The fraction of sp³-hybridized carbons (Fsp3) is 0.375. The number of benzene rings is 1. The molecule has 3 aromatic rings. The number of carbonyl (C=O) groups excluding carboxylic acids is 1. The number of nitrogens with zero attached hydrogens (tertiary/aromatic N) is 5. The van der Waals surface area contributed by atoms with Gasteiger partial charge in [-0.1, -0.05) is 31.5 Å². The average Bonchev–Trinajstić information content (AvgIpc) is 3.18. The summed E-state index contributed by atoms with van der Waals surface area (Å²) in [6, 6.07) is 6.13. The van der Waals surface area contributed by atoms with E-state index in [1.54, 1.807) is 4.90 Å². The second-order valence-electron chi connectivity index (χ2n) is 7.81. The van der Waals surface area contributed by atoms with Crippen molar-refractivity contribution in [3.05, 3.63) is 67.1 Å². The van der Waals surface area contributed by atoms with Gasteiger partial charge in [-0.05, 0) is 50.3 Å². The highest BCUT2D eigenvalue weighted by atomic mass is 32.1. The Hall–Kier alpha value is -3.31. The Morgan fingerprint density at radius 1 is 1.19 bits per heavy atom. The van der Waals surface area contributed by atoms with Gasteiger partial charge < -0.3 is 0 Å². The van der Waals surface area contributed by atoms with E-state index in [0.717, 1.165) is 28.1 Å². The first-order valence-electron chi connectivity index (χ1n) is 10.6. The summed E-state index contributed by atoms with van der Waals surface area (Å²) < 4.78 is 1.30. The summed E-state index contributed by atoms with van der Waals surface area (Å²) in [4.78, 5) is 31.7. The van der Waals surface area contributed by atoms with Crippen molar-refractivity contribution in [3.63, 3.8) is 0 Å². The number of anilines is 2. The molecule has 0 N–H and O–H groups in total. The molecule has 8 heteroatoms. The summed E-state index contributed by atoms with van der Waals surface area (Å²) in [5, 5.41) is 16.4. The predicted molar refractivity (Wildman–Crippen MR) is 127 cm³/mol. The molecule has 166 valence electrons. The lowest BCUT2D eigenvalue weighted by Crippen LogP contribution is -2.29. The zero-order valence-corrected chi connectivity index (χ0v) is 20.1. The number of rotatable bonds is 6. The van der Waals surface area contributed by atoms with Crippen LogP contribution in [0, 0.1) is 32.1 Å². The van der Waals surface area contributed by atoms with E-state index in [2.05, 4.69) is 10.1 Å². The normalized spacial score (nSPS) is 10.8. The van der Waals surface area contributed by atoms with Crippen molar-refractivity contribution < 1.29 is 4.79 Å². The molecule has 3 rings (SSSR count). The van der Waals surface area contributed by atoms with Crippen molar-refractivity contribution in [2.24, 2.45) is 0 Å². The maximum Gasteiger partial charge on any atom is 0.285 e. The van der Waals surface area contributed by atoms with E-state index in [1.807, 2.05) is 58.2 Å². The maximum absolute atomic E-state index is 12.8. The summed E-state index contributed by atoms with van der Waals surface area (Å²) in [5.41, 5.74) is 5.75. The highest BCUT2D eigenvalue weighted by Gasteiger charge is 2.22. The zero-order valence-electron chi connectivity index (χ0n) is 19.3. The first-order chi connectivity index (χ1) is 15.2. The Balaban J connectivity index is 2.03. The molecule has 0 spiro atoms. The number of aromatic nitrogens is 3. The first kappa shape index (κ1) is 23.4. The van der Waals surface area contributed by atoms with Crippen LogP contribution < -0.4 is 10.5 Å². The number of carbonyl (C=O) groups is 1. The largest absolute Gasteiger partial charge is 0.285 e. The van der Waals surface area contributed by atoms with Crippen LogP contribution in [0.5, 0.6) is 0 Å². The molecule has 0 saturated heterocycles. The lowest BCUT2D eigenvalue weighted by molar-refractivity contribution is -0.115. The van der Waals surface area contributed by atoms with E-state index in [4.69, 9.17) is 0 Å². The van der Waals surface area contributed by atoms with Crippen molar-refractivity contribution >= 4 is 28.1 Å². The van der Waals surface area contributed by atoms with Gasteiger partial charge in [-0.15, -0.1) is 11.3 Å². The number of thiazole rings is 1. The molecule has 1 aromatic carbocycles. The first-order valence-corrected chi connectivity index (χ1v) is 11.5. The number of nitriles is 1. The molecule has 0 aliphatic heterocycles. The number of amides is 1. The Bertz CT molecular complexity index is 1260. The minimum Gasteiger partial charge on any atom is -0.274 e. The van der Waals surface area contributed by atoms with E-state index in [1.165, 1.54) is 22.9 Å². The van der Waals surface area contributed by atoms with Crippen molar-refractivity contribution in [1.82, 2.24) is 14.8 Å². The van der Waals surface area contributed by atoms with Gasteiger partial charge in [0.2, 0.25) is 5.91 Å². The molecule has 0 aliphatic rings. The maximum atomic E-state index is 12.8. The summed E-state index contributed by atoms with van der Waals surface area (Å²) in [6.45, 7) is 11.5. The van der Waals surface area contributed by atoms with Gasteiger partial charge in [0.15, 0.2) is 5.13 Å². The molecule has 0 radical (unpaired) electrons. The smallest absolute Gasteiger partial charge is 0.274 e. The lowest BCUT2D eigenvalue weighted by atomic mass is 10.0. The van der Waals surface area contributed by atoms with Gasteiger partial charge in [-0.3, -0.25) is 14.5 Å². The van der Waals surface area contributed by atoms with Crippen LogP contribution in [0.15, 0.2) is 22.3 Å². The molecular weight excluding hydrogens is 422 g/mol. The summed E-state index contributed by atoms with van der Waals surface area (Å²) in [6.07, 6.45) is 1.21. The number of aryl methyl sites for hydroxylation is 4. The standard InChI is InChI=1S/C24H27N5O2S/c1-7-19-20(11-25)23(31)28(27-21(19)8-2)12-18-13-32-24(26-18)29(17(6)30)22-15(4)9-14(3)10-16(22)5/h9-10,13H,7-8,12H2,1-6H3. The zero-order chi connectivity index (χ0) is 23.6. The van der Waals surface area contributed by atoms with Crippen LogP contribution in [0.3, 0.4) is 0 Å². The number of hydrogen-bond donors (Lipinski definition) is 0. The number of hydrogen-bond acceptors (Lipinski definition) is 6. The van der Waals surface area contributed by atoms with E-state index in [9.17, 15) is 14.9 Å². The molecule has 0 fully saturated rings. The van der Waals surface area contributed by atoms with Crippen molar-refractivity contribution in [2.75, 3.05) is 4.90 Å². The third-order valence-electron chi connectivity index (χ3n) is 5.36. The molecule has 2 aromatic heterocycles. The Labute approximate surface area is 192 Å². The van der Waals surface area contributed by atoms with Crippen molar-refractivity contribution in [3.8, 4) is 6.07 Å². The molecule has 0 unspecified atom stereocenters. The van der Waals surface area contributed by atoms with Crippen LogP contribution in [0.1, 0.15) is 60.0 Å². The third-order valence-corrected chi connectivity index (χ3v) is 6.23. The van der Waals surface area contributed by atoms with Gasteiger partial charge in [0.25, 0.3) is 5.56 Å². The average molecular weight is 450 g/mol. The predicted octanol–water partition coefficient (Wildman–Crippen LogP) is 4.35. The molecule has 7 nitrogen and oxygen atoms in total. The van der Waals surface area contributed by atoms with Crippen LogP contribution >= 0.6 is 11.3 Å². The molecule has 2 heterocycles. The second kappa shape index (κ2) is 9.45. The summed E-state index contributed by atoms with van der Waals surface area (Å²) >= 11 is 1.34. The molecule has 0 atom stereocenters. The second-order valence-corrected chi connectivity index (χ2v) is 8.64. The van der Waals surface area contributed by atoms with Crippen molar-refractivity contribution in [2.45, 2.75) is 60.9 Å². The molecule has 0 aliphatic carbocycles. The molecule has 0 saturated carbocycles. The fourth-order valence-electron chi connectivity index (χ4n) is 4.08. The lowest BCUT2D eigenvalue weighted by Gasteiger charge is -2.23. The van der Waals surface area contributed by atoms with Gasteiger partial charge in [0, 0.05) is 12.3 Å². The quantitative estimate of drug-likeness (QED) is 0.558. The topological polar surface area (TPSA) is 91.9 Å². The molecular formula is C24H27N5O2S. The van der Waals surface area contributed by atoms with E-state index in [-0.39, 0.29) is 18.0 Å². The molecule has 0 bridgehead atoms. The van der Waals surface area contributed by atoms with E-state index >= 15 is 0 Å².